The molecule has 5 rings (SSSR count). The van der Waals surface area contributed by atoms with Crippen molar-refractivity contribution in [3.05, 3.63) is 35.0 Å². The van der Waals surface area contributed by atoms with Gasteiger partial charge in [-0.15, -0.1) is 0 Å². The lowest BCUT2D eigenvalue weighted by Gasteiger charge is -2.38. The molecule has 2 fully saturated rings. The quantitative estimate of drug-likeness (QED) is 0.410. The maximum absolute atomic E-state index is 14.6. The Morgan fingerprint density at radius 1 is 1.16 bits per heavy atom. The molecule has 1 saturated heterocycles. The van der Waals surface area contributed by atoms with Gasteiger partial charge in [0.1, 0.15) is 11.2 Å². The summed E-state index contributed by atoms with van der Waals surface area (Å²) in [7, 11) is 0. The van der Waals surface area contributed by atoms with E-state index < -0.39 is 11.6 Å². The molecule has 1 aromatic carbocycles. The van der Waals surface area contributed by atoms with Crippen LogP contribution in [-0.2, 0) is 9.53 Å². The SMILES string of the molecule is CC1(C)COCC[C@H]1Nc1ncc2nc(Nc3c(F)cc(Cl)cc3F)n([C@H]3CC[C@H](C(N)=O)CC3)c2n1. The summed E-state index contributed by atoms with van der Waals surface area (Å²) in [6.07, 6.45) is 4.90. The van der Waals surface area contributed by atoms with E-state index in [9.17, 15) is 13.6 Å². The number of aromatic nitrogens is 4. The van der Waals surface area contributed by atoms with Crippen LogP contribution in [0.1, 0.15) is 52.0 Å². The highest BCUT2D eigenvalue weighted by Gasteiger charge is 2.34. The molecule has 2 aromatic heterocycles. The van der Waals surface area contributed by atoms with E-state index in [-0.39, 0.29) is 46.0 Å². The second-order valence-electron chi connectivity index (χ2n) is 10.5. The fraction of sp³-hybridized carbons (Fsp3) is 0.520. The van der Waals surface area contributed by atoms with Crippen molar-refractivity contribution >= 4 is 46.3 Å². The van der Waals surface area contributed by atoms with Crippen LogP contribution in [-0.4, -0.2) is 44.7 Å². The van der Waals surface area contributed by atoms with Crippen LogP contribution in [0.4, 0.5) is 26.4 Å². The Balaban J connectivity index is 1.53. The Hall–Kier alpha value is -3.05. The molecule has 12 heteroatoms. The van der Waals surface area contributed by atoms with Crippen molar-refractivity contribution in [3.63, 3.8) is 0 Å². The van der Waals surface area contributed by atoms with Crippen molar-refractivity contribution in [3.8, 4) is 0 Å². The van der Waals surface area contributed by atoms with E-state index in [2.05, 4.69) is 34.4 Å². The minimum absolute atomic E-state index is 0.0450. The summed E-state index contributed by atoms with van der Waals surface area (Å²) in [6, 6.07) is 2.07. The van der Waals surface area contributed by atoms with E-state index in [1.807, 2.05) is 4.57 Å². The van der Waals surface area contributed by atoms with Gasteiger partial charge in [-0.2, -0.15) is 4.98 Å². The van der Waals surface area contributed by atoms with Crippen LogP contribution >= 0.6 is 11.6 Å². The van der Waals surface area contributed by atoms with Gasteiger partial charge in [0.15, 0.2) is 17.3 Å². The Labute approximate surface area is 218 Å². The zero-order valence-corrected chi connectivity index (χ0v) is 21.5. The number of benzene rings is 1. The van der Waals surface area contributed by atoms with Gasteiger partial charge < -0.3 is 21.1 Å². The lowest BCUT2D eigenvalue weighted by Crippen LogP contribution is -2.44. The topological polar surface area (TPSA) is 120 Å². The summed E-state index contributed by atoms with van der Waals surface area (Å²) >= 11 is 5.80. The number of hydrogen-bond acceptors (Lipinski definition) is 7. The number of carbonyl (C=O) groups excluding carboxylic acids is 1. The second kappa shape index (κ2) is 10.0. The number of anilines is 3. The third-order valence-corrected chi connectivity index (χ3v) is 7.63. The molecule has 3 heterocycles. The maximum Gasteiger partial charge on any atom is 0.225 e. The zero-order chi connectivity index (χ0) is 26.3. The monoisotopic (exact) mass is 533 g/mol. The van der Waals surface area contributed by atoms with E-state index in [4.69, 9.17) is 27.1 Å². The Morgan fingerprint density at radius 3 is 2.51 bits per heavy atom. The van der Waals surface area contributed by atoms with Crippen LogP contribution < -0.4 is 16.4 Å². The van der Waals surface area contributed by atoms with Gasteiger partial charge in [0.05, 0.1) is 12.8 Å². The average molecular weight is 534 g/mol. The molecule has 0 spiro atoms. The third kappa shape index (κ3) is 5.19. The molecule has 4 N–H and O–H groups in total. The van der Waals surface area contributed by atoms with Crippen molar-refractivity contribution in [1.29, 1.82) is 0 Å². The van der Waals surface area contributed by atoms with Crippen molar-refractivity contribution < 1.29 is 18.3 Å². The molecule has 3 aromatic rings. The van der Waals surface area contributed by atoms with Gasteiger partial charge >= 0.3 is 0 Å². The highest BCUT2D eigenvalue weighted by Crippen LogP contribution is 2.38. The molecule has 1 saturated carbocycles. The first kappa shape index (κ1) is 25.6. The van der Waals surface area contributed by atoms with Gasteiger partial charge in [-0.1, -0.05) is 25.4 Å². The molecular weight excluding hydrogens is 504 g/mol. The van der Waals surface area contributed by atoms with Crippen LogP contribution in [0.3, 0.4) is 0 Å². The number of hydrogen-bond donors (Lipinski definition) is 3. The highest BCUT2D eigenvalue weighted by molar-refractivity contribution is 6.30. The molecular formula is C25H30ClF2N7O2. The standard InChI is InChI=1S/C25H30ClF2N7O2/c1-25(2)12-37-8-7-19(25)32-23-30-11-18-22(34-23)35(15-5-3-13(4-6-15)21(29)36)24(31-18)33-20-16(27)9-14(26)10-17(20)28/h9-11,13,15,19H,3-8,12H2,1-2H3,(H2,29,36)(H,31,33)(H,30,32,34)/t13-,15-,19-/m1/s1. The fourth-order valence-electron chi connectivity index (χ4n) is 5.24. The molecule has 1 atom stereocenters. The van der Waals surface area contributed by atoms with Crippen LogP contribution in [0.25, 0.3) is 11.2 Å². The lowest BCUT2D eigenvalue weighted by atomic mass is 9.82. The summed E-state index contributed by atoms with van der Waals surface area (Å²) < 4.78 is 36.8. The smallest absolute Gasteiger partial charge is 0.225 e. The molecule has 1 amide bonds. The number of fused-ring (bicyclic) bond motifs is 1. The van der Waals surface area contributed by atoms with Crippen LogP contribution in [0, 0.1) is 23.0 Å². The number of primary amides is 1. The van der Waals surface area contributed by atoms with Crippen molar-refractivity contribution in [2.75, 3.05) is 23.8 Å². The number of halogens is 3. The number of rotatable bonds is 6. The molecule has 0 unspecified atom stereocenters. The number of imidazole rings is 1. The first-order valence-corrected chi connectivity index (χ1v) is 12.8. The highest BCUT2D eigenvalue weighted by atomic mass is 35.5. The molecule has 1 aliphatic heterocycles. The molecule has 9 nitrogen and oxygen atoms in total. The van der Waals surface area contributed by atoms with Crippen molar-refractivity contribution in [2.45, 2.75) is 58.0 Å². The molecule has 1 aliphatic carbocycles. The first-order valence-electron chi connectivity index (χ1n) is 12.4. The number of amides is 1. The molecule has 37 heavy (non-hydrogen) atoms. The third-order valence-electron chi connectivity index (χ3n) is 7.41. The first-order chi connectivity index (χ1) is 17.6. The van der Waals surface area contributed by atoms with Gasteiger partial charge in [0.2, 0.25) is 17.8 Å². The van der Waals surface area contributed by atoms with Crippen LogP contribution in [0.5, 0.6) is 0 Å². The van der Waals surface area contributed by atoms with Crippen molar-refractivity contribution in [2.24, 2.45) is 17.1 Å². The van der Waals surface area contributed by atoms with Crippen molar-refractivity contribution in [1.82, 2.24) is 19.5 Å². The summed E-state index contributed by atoms with van der Waals surface area (Å²) in [5.74, 6) is -1.51. The average Bonchev–Trinajstić information content (AvgIpc) is 3.20. The Kier molecular flexibility index (Phi) is 6.93. The Morgan fingerprint density at radius 2 is 1.86 bits per heavy atom. The largest absolute Gasteiger partial charge is 0.381 e. The normalized spacial score (nSPS) is 23.6. The zero-order valence-electron chi connectivity index (χ0n) is 20.7. The van der Waals surface area contributed by atoms with E-state index in [1.165, 1.54) is 0 Å². The van der Waals surface area contributed by atoms with Gasteiger partial charge in [-0.25, -0.2) is 18.7 Å². The summed E-state index contributed by atoms with van der Waals surface area (Å²) in [5, 5.41) is 6.21. The summed E-state index contributed by atoms with van der Waals surface area (Å²) in [4.78, 5) is 25.5. The van der Waals surface area contributed by atoms with Crippen LogP contribution in [0.15, 0.2) is 18.3 Å². The maximum atomic E-state index is 14.6. The Bertz CT molecular complexity index is 1300. The number of nitrogens with two attached hydrogens (primary N) is 1. The number of nitrogens with zero attached hydrogens (tertiary/aromatic N) is 4. The lowest BCUT2D eigenvalue weighted by molar-refractivity contribution is -0.122. The second-order valence-corrected chi connectivity index (χ2v) is 10.9. The molecule has 0 radical (unpaired) electrons. The predicted molar refractivity (Wildman–Crippen MR) is 137 cm³/mol. The van der Waals surface area contributed by atoms with Gasteiger partial charge in [-0.05, 0) is 44.2 Å². The van der Waals surface area contributed by atoms with Gasteiger partial charge in [0, 0.05) is 35.0 Å². The van der Waals surface area contributed by atoms with Gasteiger partial charge in [0.25, 0.3) is 0 Å². The minimum Gasteiger partial charge on any atom is -0.381 e. The summed E-state index contributed by atoms with van der Waals surface area (Å²) in [6.45, 7) is 5.53. The van der Waals surface area contributed by atoms with E-state index in [0.29, 0.717) is 56.0 Å². The van der Waals surface area contributed by atoms with Gasteiger partial charge in [-0.3, -0.25) is 9.36 Å². The van der Waals surface area contributed by atoms with E-state index in [1.54, 1.807) is 6.20 Å². The predicted octanol–water partition coefficient (Wildman–Crippen LogP) is 4.95. The molecule has 0 bridgehead atoms. The van der Waals surface area contributed by atoms with E-state index >= 15 is 0 Å². The molecule has 2 aliphatic rings. The molecule has 198 valence electrons. The number of ether oxygens (including phenoxy) is 1. The number of carbonyl (C=O) groups is 1. The van der Waals surface area contributed by atoms with E-state index in [0.717, 1.165) is 18.6 Å². The number of nitrogens with one attached hydrogen (secondary N) is 2. The summed E-state index contributed by atoms with van der Waals surface area (Å²) in [5.41, 5.74) is 6.07. The fourth-order valence-corrected chi connectivity index (χ4v) is 5.43. The minimum atomic E-state index is -0.837. The van der Waals surface area contributed by atoms with Crippen LogP contribution in [0.2, 0.25) is 5.02 Å².